The molecule has 1 aromatic rings. The van der Waals surface area contributed by atoms with Gasteiger partial charge in [0.05, 0.1) is 12.1 Å². The quantitative estimate of drug-likeness (QED) is 0.392. The second-order valence-corrected chi connectivity index (χ2v) is 3.19. The Morgan fingerprint density at radius 2 is 2.13 bits per heavy atom. The summed E-state index contributed by atoms with van der Waals surface area (Å²) >= 11 is 0. The lowest BCUT2D eigenvalue weighted by atomic mass is 10.1. The zero-order valence-electron chi connectivity index (χ0n) is 7.97. The van der Waals surface area contributed by atoms with E-state index in [0.717, 1.165) is 0 Å². The Kier molecular flexibility index (Phi) is 2.58. The molecule has 0 aromatic carbocycles. The van der Waals surface area contributed by atoms with Gasteiger partial charge >= 0.3 is 11.9 Å². The molecule has 1 aliphatic rings. The van der Waals surface area contributed by atoms with Gasteiger partial charge in [0.15, 0.2) is 0 Å². The summed E-state index contributed by atoms with van der Waals surface area (Å²) in [6.07, 6.45) is 3.97. The fourth-order valence-electron chi connectivity index (χ4n) is 1.33. The third kappa shape index (κ3) is 2.28. The number of carbonyl (C=O) groups excluding carboxylic acids is 2. The molecule has 0 radical (unpaired) electrons. The van der Waals surface area contributed by atoms with Crippen LogP contribution in [-0.2, 0) is 14.3 Å². The summed E-state index contributed by atoms with van der Waals surface area (Å²) in [5.41, 5.74) is 1.19. The molecule has 0 N–H and O–H groups in total. The van der Waals surface area contributed by atoms with Gasteiger partial charge in [-0.1, -0.05) is 6.07 Å². The van der Waals surface area contributed by atoms with Crippen molar-refractivity contribution in [2.75, 3.05) is 0 Å². The lowest BCUT2D eigenvalue weighted by Gasteiger charge is -2.11. The minimum atomic E-state index is -0.558. The van der Waals surface area contributed by atoms with E-state index < -0.39 is 11.9 Å². The second-order valence-electron chi connectivity index (χ2n) is 3.19. The van der Waals surface area contributed by atoms with Gasteiger partial charge in [-0.2, -0.15) is 0 Å². The Balaban J connectivity index is 2.21. The molecule has 0 aliphatic carbocycles. The number of rotatable bonds is 1. The zero-order valence-corrected chi connectivity index (χ0v) is 7.97. The molecule has 0 amide bonds. The first kappa shape index (κ1) is 9.58. The molecule has 0 atom stereocenters. The molecule has 1 fully saturated rings. The average Bonchev–Trinajstić information content (AvgIpc) is 2.24. The van der Waals surface area contributed by atoms with Crippen molar-refractivity contribution >= 4 is 18.0 Å². The maximum atomic E-state index is 11.3. The molecule has 1 aromatic heterocycles. The standard InChI is InChI=1S/C11H9NO3/c13-10-5-4-8(11(14)15-10)7-9-3-1-2-6-12-9/h1-3,6-7H,4-5H2/b8-7+. The summed E-state index contributed by atoms with van der Waals surface area (Å²) in [6.45, 7) is 0. The molecule has 4 heteroatoms. The second kappa shape index (κ2) is 4.04. The predicted octanol–water partition coefficient (Wildman–Crippen LogP) is 1.33. The molecule has 2 heterocycles. The Morgan fingerprint density at radius 1 is 1.27 bits per heavy atom. The fraction of sp³-hybridized carbons (Fsp3) is 0.182. The Labute approximate surface area is 86.6 Å². The highest BCUT2D eigenvalue weighted by atomic mass is 16.6. The summed E-state index contributed by atoms with van der Waals surface area (Å²) < 4.78 is 4.50. The molecule has 1 aliphatic heterocycles. The van der Waals surface area contributed by atoms with Crippen molar-refractivity contribution in [1.82, 2.24) is 4.98 Å². The molecule has 1 saturated heterocycles. The van der Waals surface area contributed by atoms with Gasteiger partial charge in [0.25, 0.3) is 0 Å². The van der Waals surface area contributed by atoms with Crippen LogP contribution in [0.1, 0.15) is 18.5 Å². The van der Waals surface area contributed by atoms with Crippen molar-refractivity contribution in [2.24, 2.45) is 0 Å². The summed E-state index contributed by atoms with van der Waals surface area (Å²) in [7, 11) is 0. The monoisotopic (exact) mass is 203 g/mol. The Bertz CT molecular complexity index is 423. The van der Waals surface area contributed by atoms with Crippen LogP contribution in [0, 0.1) is 0 Å². The molecule has 0 spiro atoms. The van der Waals surface area contributed by atoms with Gasteiger partial charge in [0, 0.05) is 11.8 Å². The van der Waals surface area contributed by atoms with Gasteiger partial charge in [-0.15, -0.1) is 0 Å². The minimum Gasteiger partial charge on any atom is -0.390 e. The first-order valence-corrected chi connectivity index (χ1v) is 4.62. The Hall–Kier alpha value is -1.97. The van der Waals surface area contributed by atoms with E-state index in [9.17, 15) is 9.59 Å². The van der Waals surface area contributed by atoms with Crippen LogP contribution in [0.5, 0.6) is 0 Å². The first-order chi connectivity index (χ1) is 7.25. The van der Waals surface area contributed by atoms with E-state index in [4.69, 9.17) is 0 Å². The molecule has 4 nitrogen and oxygen atoms in total. The zero-order chi connectivity index (χ0) is 10.7. The average molecular weight is 203 g/mol. The minimum absolute atomic E-state index is 0.254. The summed E-state index contributed by atoms with van der Waals surface area (Å²) in [6, 6.07) is 5.42. The number of hydrogen-bond acceptors (Lipinski definition) is 4. The normalized spacial score (nSPS) is 19.1. The van der Waals surface area contributed by atoms with E-state index in [2.05, 4.69) is 9.72 Å². The Morgan fingerprint density at radius 3 is 2.80 bits per heavy atom. The number of hydrogen-bond donors (Lipinski definition) is 0. The van der Waals surface area contributed by atoms with Crippen LogP contribution in [0.25, 0.3) is 6.08 Å². The SMILES string of the molecule is O=C1CC/C(=C\c2ccccn2)C(=O)O1. The fourth-order valence-corrected chi connectivity index (χ4v) is 1.33. The molecule has 0 bridgehead atoms. The maximum Gasteiger partial charge on any atom is 0.341 e. The maximum absolute atomic E-state index is 11.3. The predicted molar refractivity (Wildman–Crippen MR) is 52.5 cm³/mol. The first-order valence-electron chi connectivity index (χ1n) is 4.62. The van der Waals surface area contributed by atoms with Crippen molar-refractivity contribution in [3.8, 4) is 0 Å². The van der Waals surface area contributed by atoms with E-state index in [1.165, 1.54) is 0 Å². The van der Waals surface area contributed by atoms with E-state index >= 15 is 0 Å². The smallest absolute Gasteiger partial charge is 0.341 e. The van der Waals surface area contributed by atoms with Crippen LogP contribution in [0.15, 0.2) is 30.0 Å². The highest BCUT2D eigenvalue weighted by Gasteiger charge is 2.22. The van der Waals surface area contributed by atoms with Gasteiger partial charge in [-0.05, 0) is 24.6 Å². The van der Waals surface area contributed by atoms with Gasteiger partial charge in [0.2, 0.25) is 0 Å². The van der Waals surface area contributed by atoms with E-state index in [1.807, 2.05) is 6.07 Å². The van der Waals surface area contributed by atoms with Crippen LogP contribution in [0.4, 0.5) is 0 Å². The van der Waals surface area contributed by atoms with E-state index in [0.29, 0.717) is 17.7 Å². The molecule has 15 heavy (non-hydrogen) atoms. The topological polar surface area (TPSA) is 56.3 Å². The highest BCUT2D eigenvalue weighted by molar-refractivity contribution is 6.02. The van der Waals surface area contributed by atoms with Crippen LogP contribution >= 0.6 is 0 Å². The van der Waals surface area contributed by atoms with E-state index in [1.54, 1.807) is 24.4 Å². The number of aromatic nitrogens is 1. The van der Waals surface area contributed by atoms with Crippen molar-refractivity contribution in [1.29, 1.82) is 0 Å². The molecule has 0 saturated carbocycles. The van der Waals surface area contributed by atoms with Crippen LogP contribution in [-0.4, -0.2) is 16.9 Å². The summed E-state index contributed by atoms with van der Waals surface area (Å²) in [5.74, 6) is -1.02. The molecule has 2 rings (SSSR count). The number of nitrogens with zero attached hydrogens (tertiary/aromatic N) is 1. The van der Waals surface area contributed by atoms with Gasteiger partial charge in [-0.3, -0.25) is 9.78 Å². The van der Waals surface area contributed by atoms with Crippen molar-refractivity contribution in [2.45, 2.75) is 12.8 Å². The summed E-state index contributed by atoms with van der Waals surface area (Å²) in [4.78, 5) is 26.1. The molecular weight excluding hydrogens is 194 g/mol. The van der Waals surface area contributed by atoms with Gasteiger partial charge in [-0.25, -0.2) is 4.79 Å². The highest BCUT2D eigenvalue weighted by Crippen LogP contribution is 2.17. The number of carbonyl (C=O) groups is 2. The largest absolute Gasteiger partial charge is 0.390 e. The van der Waals surface area contributed by atoms with Crippen LogP contribution in [0.2, 0.25) is 0 Å². The van der Waals surface area contributed by atoms with Crippen molar-refractivity contribution in [3.05, 3.63) is 35.7 Å². The molecular formula is C11H9NO3. The number of pyridine rings is 1. The molecule has 76 valence electrons. The van der Waals surface area contributed by atoms with Gasteiger partial charge < -0.3 is 4.74 Å². The number of ether oxygens (including phenoxy) is 1. The number of esters is 2. The third-order valence-corrected chi connectivity index (χ3v) is 2.08. The lowest BCUT2D eigenvalue weighted by Crippen LogP contribution is -2.20. The lowest BCUT2D eigenvalue weighted by molar-refractivity contribution is -0.159. The van der Waals surface area contributed by atoms with Crippen LogP contribution < -0.4 is 0 Å². The van der Waals surface area contributed by atoms with E-state index in [-0.39, 0.29) is 6.42 Å². The summed E-state index contributed by atoms with van der Waals surface area (Å²) in [5, 5.41) is 0. The van der Waals surface area contributed by atoms with Crippen molar-refractivity contribution < 1.29 is 14.3 Å². The van der Waals surface area contributed by atoms with Crippen LogP contribution in [0.3, 0.4) is 0 Å². The van der Waals surface area contributed by atoms with Crippen molar-refractivity contribution in [3.63, 3.8) is 0 Å². The van der Waals surface area contributed by atoms with Gasteiger partial charge in [0.1, 0.15) is 0 Å². The number of cyclic esters (lactones) is 2. The molecule has 0 unspecified atom stereocenters. The third-order valence-electron chi connectivity index (χ3n) is 2.08.